The highest BCUT2D eigenvalue weighted by Crippen LogP contribution is 2.15. The minimum atomic E-state index is 1.00. The van der Waals surface area contributed by atoms with Gasteiger partial charge in [-0.15, -0.1) is 0 Å². The Morgan fingerprint density at radius 1 is 0.421 bits per heavy atom. The molecule has 0 aromatic carbocycles. The zero-order chi connectivity index (χ0) is 15.2. The first-order chi connectivity index (χ1) is 9.41. The third-order valence-electron chi connectivity index (χ3n) is 3.00. The second kappa shape index (κ2) is 30.7. The molecule has 0 radical (unpaired) electrons. The maximum Gasteiger partial charge on any atom is 0.0319 e. The zero-order valence-electron chi connectivity index (χ0n) is 14.1. The van der Waals surface area contributed by atoms with Gasteiger partial charge in [-0.05, 0) is 0 Å². The molecule has 2 rings (SSSR count). The van der Waals surface area contributed by atoms with E-state index in [1.54, 1.807) is 0 Å². The van der Waals surface area contributed by atoms with E-state index in [1.165, 1.54) is 83.5 Å². The van der Waals surface area contributed by atoms with Crippen molar-refractivity contribution in [2.45, 2.75) is 97.3 Å². The van der Waals surface area contributed by atoms with Crippen LogP contribution in [0.2, 0.25) is 0 Å². The lowest BCUT2D eigenvalue weighted by molar-refractivity contribution is 0.399. The van der Waals surface area contributed by atoms with E-state index < -0.39 is 0 Å². The SMILES string of the molecule is C1CCCCC1.C1CCCCC1.CCC.CO.CO. The van der Waals surface area contributed by atoms with Crippen LogP contribution in [0.3, 0.4) is 0 Å². The lowest BCUT2D eigenvalue weighted by Crippen LogP contribution is -1.85. The molecule has 2 aliphatic rings. The van der Waals surface area contributed by atoms with Gasteiger partial charge in [0.2, 0.25) is 0 Å². The molecule has 2 fully saturated rings. The van der Waals surface area contributed by atoms with Gasteiger partial charge in [0.1, 0.15) is 0 Å². The van der Waals surface area contributed by atoms with Gasteiger partial charge in [-0.3, -0.25) is 0 Å². The van der Waals surface area contributed by atoms with Gasteiger partial charge < -0.3 is 10.2 Å². The summed E-state index contributed by atoms with van der Waals surface area (Å²) in [6.07, 6.45) is 19.2. The van der Waals surface area contributed by atoms with Crippen LogP contribution in [0.1, 0.15) is 97.3 Å². The van der Waals surface area contributed by atoms with Crippen molar-refractivity contribution in [1.29, 1.82) is 0 Å². The van der Waals surface area contributed by atoms with E-state index in [-0.39, 0.29) is 0 Å². The van der Waals surface area contributed by atoms with Gasteiger partial charge in [-0.1, -0.05) is 97.3 Å². The van der Waals surface area contributed by atoms with Crippen molar-refractivity contribution in [1.82, 2.24) is 0 Å². The van der Waals surface area contributed by atoms with Crippen LogP contribution >= 0.6 is 0 Å². The molecule has 0 aromatic heterocycles. The Labute approximate surface area is 122 Å². The molecule has 2 saturated carbocycles. The molecule has 0 spiro atoms. The first-order valence-corrected chi connectivity index (χ1v) is 8.31. The van der Waals surface area contributed by atoms with E-state index in [2.05, 4.69) is 13.8 Å². The lowest BCUT2D eigenvalue weighted by atomic mass is 10.0. The van der Waals surface area contributed by atoms with Crippen LogP contribution in [-0.2, 0) is 0 Å². The summed E-state index contributed by atoms with van der Waals surface area (Å²) in [6, 6.07) is 0. The van der Waals surface area contributed by atoms with Gasteiger partial charge in [0, 0.05) is 14.2 Å². The van der Waals surface area contributed by atoms with Crippen LogP contribution in [0, 0.1) is 0 Å². The Morgan fingerprint density at radius 2 is 0.474 bits per heavy atom. The second-order valence-electron chi connectivity index (χ2n) is 4.95. The predicted molar refractivity (Wildman–Crippen MR) is 87.7 cm³/mol. The van der Waals surface area contributed by atoms with E-state index in [4.69, 9.17) is 10.2 Å². The molecule has 0 bridgehead atoms. The Hall–Kier alpha value is -0.0800. The van der Waals surface area contributed by atoms with E-state index in [9.17, 15) is 0 Å². The predicted octanol–water partition coefficient (Wildman–Crippen LogP) is 5.31. The van der Waals surface area contributed by atoms with E-state index in [0.717, 1.165) is 14.2 Å². The molecule has 2 aliphatic carbocycles. The van der Waals surface area contributed by atoms with Crippen molar-refractivity contribution in [3.8, 4) is 0 Å². The summed E-state index contributed by atoms with van der Waals surface area (Å²) in [5, 5.41) is 14.0. The lowest BCUT2D eigenvalue weighted by Gasteiger charge is -2.05. The molecule has 2 heteroatoms. The highest BCUT2D eigenvalue weighted by Gasteiger charge is 1.96. The monoisotopic (exact) mass is 276 g/mol. The molecule has 0 unspecified atom stereocenters. The second-order valence-corrected chi connectivity index (χ2v) is 4.95. The van der Waals surface area contributed by atoms with Gasteiger partial charge in [-0.2, -0.15) is 0 Å². The Kier molecular flexibility index (Phi) is 38.8. The summed E-state index contributed by atoms with van der Waals surface area (Å²) in [7, 11) is 2.00. The molecule has 2 N–H and O–H groups in total. The fourth-order valence-corrected chi connectivity index (χ4v) is 2.12. The van der Waals surface area contributed by atoms with E-state index in [0.29, 0.717) is 0 Å². The summed E-state index contributed by atoms with van der Waals surface area (Å²) in [6.45, 7) is 4.25. The fraction of sp³-hybridized carbons (Fsp3) is 1.00. The summed E-state index contributed by atoms with van der Waals surface area (Å²) >= 11 is 0. The van der Waals surface area contributed by atoms with Gasteiger partial charge >= 0.3 is 0 Å². The highest BCUT2D eigenvalue weighted by atomic mass is 16.2. The third kappa shape index (κ3) is 32.0. The molecule has 19 heavy (non-hydrogen) atoms. The topological polar surface area (TPSA) is 40.5 Å². The molecule has 0 aromatic rings. The Bertz CT molecular complexity index is 62.4. The number of hydrogen-bond donors (Lipinski definition) is 2. The van der Waals surface area contributed by atoms with Crippen molar-refractivity contribution in [2.75, 3.05) is 14.2 Å². The summed E-state index contributed by atoms with van der Waals surface area (Å²) in [4.78, 5) is 0. The molecular formula is C17H40O2. The van der Waals surface area contributed by atoms with Crippen molar-refractivity contribution in [3.63, 3.8) is 0 Å². The standard InChI is InChI=1S/2C6H12.C3H8.2CH4O/c2*1-2-4-6-5-3-1;1-3-2;2*1-2/h2*1-6H2;3H2,1-2H3;2*2H,1H3. The van der Waals surface area contributed by atoms with Crippen LogP contribution < -0.4 is 0 Å². The maximum atomic E-state index is 7.00. The fourth-order valence-electron chi connectivity index (χ4n) is 2.12. The van der Waals surface area contributed by atoms with Crippen molar-refractivity contribution < 1.29 is 10.2 Å². The number of aliphatic hydroxyl groups is 2. The van der Waals surface area contributed by atoms with E-state index in [1.807, 2.05) is 0 Å². The quantitative estimate of drug-likeness (QED) is 0.629. The third-order valence-corrected chi connectivity index (χ3v) is 3.00. The zero-order valence-corrected chi connectivity index (χ0v) is 14.1. The first kappa shape index (κ1) is 24.0. The number of rotatable bonds is 0. The largest absolute Gasteiger partial charge is 0.400 e. The van der Waals surface area contributed by atoms with Crippen LogP contribution in [-0.4, -0.2) is 24.4 Å². The molecule has 0 aliphatic heterocycles. The Morgan fingerprint density at radius 3 is 0.526 bits per heavy atom. The number of hydrogen-bond acceptors (Lipinski definition) is 2. The summed E-state index contributed by atoms with van der Waals surface area (Å²) < 4.78 is 0. The molecule has 0 heterocycles. The van der Waals surface area contributed by atoms with Gasteiger partial charge in [-0.25, -0.2) is 0 Å². The maximum absolute atomic E-state index is 7.00. The van der Waals surface area contributed by atoms with Gasteiger partial charge in [0.05, 0.1) is 0 Å². The molecular weight excluding hydrogens is 236 g/mol. The van der Waals surface area contributed by atoms with Crippen LogP contribution in [0.25, 0.3) is 0 Å². The van der Waals surface area contributed by atoms with Crippen LogP contribution in [0.5, 0.6) is 0 Å². The van der Waals surface area contributed by atoms with Crippen LogP contribution in [0.4, 0.5) is 0 Å². The summed E-state index contributed by atoms with van der Waals surface area (Å²) in [5.74, 6) is 0. The van der Waals surface area contributed by atoms with Crippen molar-refractivity contribution in [2.24, 2.45) is 0 Å². The smallest absolute Gasteiger partial charge is 0.0319 e. The normalized spacial score (nSPS) is 16.7. The minimum Gasteiger partial charge on any atom is -0.400 e. The average molecular weight is 277 g/mol. The van der Waals surface area contributed by atoms with Gasteiger partial charge in [0.25, 0.3) is 0 Å². The molecule has 2 nitrogen and oxygen atoms in total. The average Bonchev–Trinajstić information content (AvgIpc) is 2.56. The van der Waals surface area contributed by atoms with Crippen molar-refractivity contribution in [3.05, 3.63) is 0 Å². The van der Waals surface area contributed by atoms with E-state index >= 15 is 0 Å². The van der Waals surface area contributed by atoms with Crippen molar-refractivity contribution >= 4 is 0 Å². The Balaban J connectivity index is -0.000000187. The molecule has 0 amide bonds. The molecule has 0 saturated heterocycles. The van der Waals surface area contributed by atoms with Crippen LogP contribution in [0.15, 0.2) is 0 Å². The first-order valence-electron chi connectivity index (χ1n) is 8.31. The van der Waals surface area contributed by atoms with Gasteiger partial charge in [0.15, 0.2) is 0 Å². The molecule has 0 atom stereocenters. The summed E-state index contributed by atoms with van der Waals surface area (Å²) in [5.41, 5.74) is 0. The number of aliphatic hydroxyl groups excluding tert-OH is 2. The minimum absolute atomic E-state index is 1.00. The highest BCUT2D eigenvalue weighted by molar-refractivity contribution is 4.51. The molecule has 120 valence electrons.